The van der Waals surface area contributed by atoms with Crippen LogP contribution < -0.4 is 0 Å². The van der Waals surface area contributed by atoms with Gasteiger partial charge >= 0.3 is 59.9 Å². The first kappa shape index (κ1) is 34.8. The molecular weight excluding hydrogens is 589 g/mol. The molecule has 0 aliphatic heterocycles. The molecule has 0 amide bonds. The fraction of sp³-hybridized carbons (Fsp3) is 0.800. The molecule has 0 aliphatic rings. The van der Waals surface area contributed by atoms with E-state index < -0.39 is 78.7 Å². The van der Waals surface area contributed by atoms with E-state index in [0.29, 0.717) is 0 Å². The summed E-state index contributed by atoms with van der Waals surface area (Å²) in [5.74, 6) is -59.9. The van der Waals surface area contributed by atoms with Crippen LogP contribution in [-0.2, 0) is 9.53 Å². The molecular formula is C15H9F19O3. The van der Waals surface area contributed by atoms with Crippen LogP contribution in [0.3, 0.4) is 0 Å². The number of rotatable bonds is 11. The first-order valence-electron chi connectivity index (χ1n) is 8.33. The van der Waals surface area contributed by atoms with E-state index >= 15 is 0 Å². The third kappa shape index (κ3) is 4.77. The van der Waals surface area contributed by atoms with Gasteiger partial charge in [0, 0.05) is 6.08 Å². The summed E-state index contributed by atoms with van der Waals surface area (Å²) < 4.78 is 257. The Morgan fingerprint density at radius 1 is 0.703 bits per heavy atom. The standard InChI is InChI=1S/C15H9F19O3/c1-3-4(35)37-6(17)8(19,36)5(16)9(20,21)11(24,25)13(28,29)14(30,31)12(26,27)10(22,23)7(2,18)15(32,33)34/h3,5-6,36H,1H2,2H3. The first-order valence-corrected chi connectivity index (χ1v) is 8.33. The molecule has 0 rings (SSSR count). The van der Waals surface area contributed by atoms with Crippen LogP contribution in [0.15, 0.2) is 12.7 Å². The smallest absolute Gasteiger partial charge is 0.421 e. The molecule has 0 aromatic heterocycles. The van der Waals surface area contributed by atoms with E-state index in [-0.39, 0.29) is 6.08 Å². The quantitative estimate of drug-likeness (QED) is 0.178. The van der Waals surface area contributed by atoms with Crippen molar-refractivity contribution in [2.75, 3.05) is 0 Å². The van der Waals surface area contributed by atoms with E-state index in [0.717, 1.165) is 0 Å². The summed E-state index contributed by atoms with van der Waals surface area (Å²) in [6.07, 6.45) is -18.7. The Morgan fingerprint density at radius 2 is 1.03 bits per heavy atom. The van der Waals surface area contributed by atoms with Crippen molar-refractivity contribution < 1.29 is 98.1 Å². The van der Waals surface area contributed by atoms with Crippen LogP contribution in [0.5, 0.6) is 0 Å². The number of carbonyl (C=O) groups is 1. The molecule has 1 N–H and O–H groups in total. The molecule has 0 saturated heterocycles. The van der Waals surface area contributed by atoms with Crippen molar-refractivity contribution >= 4 is 5.97 Å². The predicted molar refractivity (Wildman–Crippen MR) is 77.4 cm³/mol. The van der Waals surface area contributed by atoms with Crippen LogP contribution >= 0.6 is 0 Å². The minimum atomic E-state index is -8.87. The molecule has 0 radical (unpaired) electrons. The predicted octanol–water partition coefficient (Wildman–Crippen LogP) is 6.11. The lowest BCUT2D eigenvalue weighted by Crippen LogP contribution is -2.76. The summed E-state index contributed by atoms with van der Waals surface area (Å²) in [6, 6.07) is 0. The van der Waals surface area contributed by atoms with Crippen molar-refractivity contribution in [1.29, 1.82) is 0 Å². The monoisotopic (exact) mass is 598 g/mol. The highest BCUT2D eigenvalue weighted by Gasteiger charge is 2.94. The summed E-state index contributed by atoms with van der Waals surface area (Å²) in [4.78, 5) is 10.6. The fourth-order valence-electron chi connectivity index (χ4n) is 2.03. The Hall–Kier alpha value is -2.16. The maximum Gasteiger partial charge on any atom is 0.428 e. The third-order valence-corrected chi connectivity index (χ3v) is 4.50. The number of carbonyl (C=O) groups excluding carboxylic acids is 1. The molecule has 0 saturated carbocycles. The summed E-state index contributed by atoms with van der Waals surface area (Å²) in [7, 11) is 0. The van der Waals surface area contributed by atoms with E-state index in [1.54, 1.807) is 0 Å². The van der Waals surface area contributed by atoms with Gasteiger partial charge in [-0.1, -0.05) is 6.58 Å². The molecule has 37 heavy (non-hydrogen) atoms. The van der Waals surface area contributed by atoms with Crippen LogP contribution in [0, 0.1) is 0 Å². The first-order chi connectivity index (χ1) is 15.8. The molecule has 4 atom stereocenters. The second-order valence-electron chi connectivity index (χ2n) is 7.04. The number of aliphatic hydroxyl groups is 1. The molecule has 0 fully saturated rings. The molecule has 0 bridgehead atoms. The summed E-state index contributed by atoms with van der Waals surface area (Å²) >= 11 is 0. The van der Waals surface area contributed by atoms with E-state index in [9.17, 15) is 88.2 Å². The SMILES string of the molecule is C=CC(=O)OC(F)C(O)(F)C(F)C(F)(F)C(F)(F)C(F)(F)C(F)(F)C(F)(F)C(F)(F)C(C)(F)C(F)(F)F. The normalized spacial score (nSPS) is 19.9. The average molecular weight is 598 g/mol. The van der Waals surface area contributed by atoms with Crippen molar-refractivity contribution in [1.82, 2.24) is 0 Å². The summed E-state index contributed by atoms with van der Waals surface area (Å²) in [5.41, 5.74) is -6.95. The summed E-state index contributed by atoms with van der Waals surface area (Å²) in [5, 5.41) is 8.63. The highest BCUT2D eigenvalue weighted by Crippen LogP contribution is 2.64. The van der Waals surface area contributed by atoms with Crippen molar-refractivity contribution in [3.63, 3.8) is 0 Å². The number of hydrogen-bond donors (Lipinski definition) is 1. The molecule has 0 aliphatic carbocycles. The maximum absolute atomic E-state index is 13.7. The van der Waals surface area contributed by atoms with Crippen molar-refractivity contribution in [2.24, 2.45) is 0 Å². The summed E-state index contributed by atoms with van der Waals surface area (Å²) in [6.45, 7) is 0.786. The maximum atomic E-state index is 13.7. The number of halogens is 19. The van der Waals surface area contributed by atoms with Crippen molar-refractivity contribution in [2.45, 2.75) is 72.7 Å². The minimum absolute atomic E-state index is 0.195. The molecule has 3 nitrogen and oxygen atoms in total. The Kier molecular flexibility index (Phi) is 8.70. The van der Waals surface area contributed by atoms with E-state index in [2.05, 4.69) is 11.3 Å². The van der Waals surface area contributed by atoms with Gasteiger partial charge in [-0.15, -0.1) is 0 Å². The van der Waals surface area contributed by atoms with Crippen LogP contribution in [0.25, 0.3) is 0 Å². The lowest BCUT2D eigenvalue weighted by molar-refractivity contribution is -0.452. The zero-order valence-corrected chi connectivity index (χ0v) is 16.9. The zero-order chi connectivity index (χ0) is 30.6. The highest BCUT2D eigenvalue weighted by molar-refractivity contribution is 5.81. The Balaban J connectivity index is 6.85. The molecule has 4 unspecified atom stereocenters. The van der Waals surface area contributed by atoms with Gasteiger partial charge in [-0.25, -0.2) is 18.0 Å². The molecule has 220 valence electrons. The second kappa shape index (κ2) is 9.24. The number of hydrogen-bond acceptors (Lipinski definition) is 3. The van der Waals surface area contributed by atoms with Crippen LogP contribution in [0.4, 0.5) is 83.4 Å². The van der Waals surface area contributed by atoms with Crippen LogP contribution in [0.2, 0.25) is 0 Å². The van der Waals surface area contributed by atoms with Gasteiger partial charge in [-0.3, -0.25) is 0 Å². The average Bonchev–Trinajstić information content (AvgIpc) is 2.70. The third-order valence-electron chi connectivity index (χ3n) is 4.50. The van der Waals surface area contributed by atoms with Crippen LogP contribution in [0.1, 0.15) is 6.92 Å². The highest BCUT2D eigenvalue weighted by atomic mass is 19.4. The number of ether oxygens (including phenoxy) is 1. The molecule has 0 aromatic carbocycles. The Morgan fingerprint density at radius 3 is 1.35 bits per heavy atom. The fourth-order valence-corrected chi connectivity index (χ4v) is 2.03. The lowest BCUT2D eigenvalue weighted by atomic mass is 9.84. The number of esters is 1. The topological polar surface area (TPSA) is 46.5 Å². The molecule has 0 aromatic rings. The zero-order valence-electron chi connectivity index (χ0n) is 16.9. The van der Waals surface area contributed by atoms with Crippen LogP contribution in [-0.4, -0.2) is 76.8 Å². The minimum Gasteiger partial charge on any atom is -0.421 e. The van der Waals surface area contributed by atoms with Gasteiger partial charge in [0.1, 0.15) is 0 Å². The van der Waals surface area contributed by atoms with Gasteiger partial charge in [0.25, 0.3) is 5.67 Å². The lowest BCUT2D eigenvalue weighted by Gasteiger charge is -2.44. The van der Waals surface area contributed by atoms with Gasteiger partial charge in [0.2, 0.25) is 6.17 Å². The van der Waals surface area contributed by atoms with E-state index in [1.165, 1.54) is 0 Å². The molecule has 22 heteroatoms. The van der Waals surface area contributed by atoms with Gasteiger partial charge in [-0.05, 0) is 6.92 Å². The van der Waals surface area contributed by atoms with Crippen molar-refractivity contribution in [3.05, 3.63) is 12.7 Å². The second-order valence-corrected chi connectivity index (χ2v) is 7.04. The largest absolute Gasteiger partial charge is 0.428 e. The molecule has 0 heterocycles. The van der Waals surface area contributed by atoms with Gasteiger partial charge < -0.3 is 9.84 Å². The number of alkyl halides is 19. The Bertz CT molecular complexity index is 859. The van der Waals surface area contributed by atoms with E-state index in [1.807, 2.05) is 0 Å². The van der Waals surface area contributed by atoms with Gasteiger partial charge in [0.05, 0.1) is 0 Å². The Labute approximate surface area is 190 Å². The van der Waals surface area contributed by atoms with Crippen molar-refractivity contribution in [3.8, 4) is 0 Å². The molecule has 0 spiro atoms. The van der Waals surface area contributed by atoms with Gasteiger partial charge in [0.15, 0.2) is 0 Å². The van der Waals surface area contributed by atoms with Gasteiger partial charge in [-0.2, -0.15) is 70.2 Å². The van der Waals surface area contributed by atoms with E-state index in [4.69, 9.17) is 5.11 Å².